The van der Waals surface area contributed by atoms with Gasteiger partial charge in [0.25, 0.3) is 0 Å². The van der Waals surface area contributed by atoms with E-state index in [2.05, 4.69) is 54.8 Å². The molecule has 2 atom stereocenters. The number of carboxylic acid groups (broad SMARTS) is 1. The molecule has 0 aromatic carbocycles. The molecular formula is C28H43N5O6Si. The summed E-state index contributed by atoms with van der Waals surface area (Å²) in [6.07, 6.45) is 2.01. The average molecular weight is 574 g/mol. The molecule has 1 amide bonds. The van der Waals surface area contributed by atoms with Gasteiger partial charge in [-0.2, -0.15) is 4.98 Å². The lowest BCUT2D eigenvalue weighted by Gasteiger charge is -2.43. The number of amides is 1. The molecule has 0 saturated carbocycles. The standard InChI is InChI=1S/C28H43N5O6Si/c1-27(2,3)38-26(36)32-21-14-20-17(13-22(21)39-40(8,9)28(4,5)6)12-18(15-29-20)31-25-19(30-16-24(34)35)10-11-23(33-25)37-7/h10-12,15,21-22,30H,13-14,16H2,1-9H3,(H,31,33)(H,32,36)(H,34,35). The number of anilines is 3. The zero-order valence-corrected chi connectivity index (χ0v) is 26.0. The van der Waals surface area contributed by atoms with Crippen molar-refractivity contribution in [2.45, 2.75) is 90.3 Å². The number of methoxy groups -OCH3 is 1. The van der Waals surface area contributed by atoms with E-state index < -0.39 is 26.0 Å². The summed E-state index contributed by atoms with van der Waals surface area (Å²) in [5, 5.41) is 18.2. The number of nitrogens with one attached hydrogen (secondary N) is 3. The first-order chi connectivity index (χ1) is 18.5. The van der Waals surface area contributed by atoms with Gasteiger partial charge in [-0.1, -0.05) is 20.8 Å². The van der Waals surface area contributed by atoms with Crippen molar-refractivity contribution in [3.63, 3.8) is 0 Å². The molecule has 2 heterocycles. The van der Waals surface area contributed by atoms with Crippen LogP contribution >= 0.6 is 0 Å². The Bertz CT molecular complexity index is 1220. The van der Waals surface area contributed by atoms with Crippen LogP contribution in [-0.4, -0.2) is 66.9 Å². The number of carbonyl (C=O) groups excluding carboxylic acids is 1. The second-order valence-electron chi connectivity index (χ2n) is 12.5. The van der Waals surface area contributed by atoms with E-state index in [0.29, 0.717) is 35.9 Å². The van der Waals surface area contributed by atoms with E-state index in [1.807, 2.05) is 26.8 Å². The second-order valence-corrected chi connectivity index (χ2v) is 17.3. The summed E-state index contributed by atoms with van der Waals surface area (Å²) in [7, 11) is -0.657. The van der Waals surface area contributed by atoms with Crippen LogP contribution in [0.25, 0.3) is 0 Å². The van der Waals surface area contributed by atoms with Gasteiger partial charge in [0.15, 0.2) is 14.1 Å². The minimum Gasteiger partial charge on any atom is -0.481 e. The van der Waals surface area contributed by atoms with E-state index in [0.717, 1.165) is 11.3 Å². The van der Waals surface area contributed by atoms with Crippen LogP contribution < -0.4 is 20.7 Å². The maximum absolute atomic E-state index is 12.7. The molecule has 0 fully saturated rings. The minimum atomic E-state index is -2.17. The van der Waals surface area contributed by atoms with Gasteiger partial charge in [-0.3, -0.25) is 9.78 Å². The van der Waals surface area contributed by atoms with E-state index in [-0.39, 0.29) is 23.7 Å². The van der Waals surface area contributed by atoms with Gasteiger partial charge in [-0.25, -0.2) is 4.79 Å². The van der Waals surface area contributed by atoms with Gasteiger partial charge in [0.05, 0.1) is 36.8 Å². The minimum absolute atomic E-state index is 0.0111. The summed E-state index contributed by atoms with van der Waals surface area (Å²) < 4.78 is 17.6. The fourth-order valence-corrected chi connectivity index (χ4v) is 5.41. The van der Waals surface area contributed by atoms with Crippen molar-refractivity contribution in [3.8, 4) is 5.88 Å². The van der Waals surface area contributed by atoms with Crippen molar-refractivity contribution in [3.05, 3.63) is 35.7 Å². The van der Waals surface area contributed by atoms with Crippen molar-refractivity contribution >= 4 is 37.6 Å². The molecule has 2 aromatic heterocycles. The zero-order chi connectivity index (χ0) is 29.9. The molecule has 2 aromatic rings. The van der Waals surface area contributed by atoms with Crippen molar-refractivity contribution in [2.24, 2.45) is 0 Å². The molecule has 220 valence electrons. The van der Waals surface area contributed by atoms with E-state index in [4.69, 9.17) is 24.0 Å². The van der Waals surface area contributed by atoms with Gasteiger partial charge >= 0.3 is 12.1 Å². The lowest BCUT2D eigenvalue weighted by molar-refractivity contribution is -0.134. The third-order valence-corrected chi connectivity index (χ3v) is 11.6. The fraction of sp³-hybridized carbons (Fsp3) is 0.571. The highest BCUT2D eigenvalue weighted by molar-refractivity contribution is 6.74. The van der Waals surface area contributed by atoms with Crippen molar-refractivity contribution < 1.29 is 28.6 Å². The van der Waals surface area contributed by atoms with Gasteiger partial charge < -0.3 is 35.0 Å². The van der Waals surface area contributed by atoms with Gasteiger partial charge in [-0.05, 0) is 56.6 Å². The van der Waals surface area contributed by atoms with E-state index in [9.17, 15) is 9.59 Å². The van der Waals surface area contributed by atoms with Crippen molar-refractivity contribution in [2.75, 3.05) is 24.3 Å². The molecule has 4 N–H and O–H groups in total. The Kier molecular flexibility index (Phi) is 9.35. The van der Waals surface area contributed by atoms with Crippen LogP contribution in [0, 0.1) is 0 Å². The number of fused-ring (bicyclic) bond motifs is 1. The highest BCUT2D eigenvalue weighted by atomic mass is 28.4. The molecule has 0 saturated heterocycles. The molecule has 0 aliphatic heterocycles. The molecule has 11 nitrogen and oxygen atoms in total. The third-order valence-electron chi connectivity index (χ3n) is 7.07. The number of pyridine rings is 2. The molecule has 1 aliphatic rings. The Morgan fingerprint density at radius 2 is 1.82 bits per heavy atom. The van der Waals surface area contributed by atoms with E-state index in [1.165, 1.54) is 7.11 Å². The Morgan fingerprint density at radius 3 is 2.42 bits per heavy atom. The number of alkyl carbamates (subject to hydrolysis) is 1. The van der Waals surface area contributed by atoms with Gasteiger partial charge in [-0.15, -0.1) is 0 Å². The smallest absolute Gasteiger partial charge is 0.407 e. The zero-order valence-electron chi connectivity index (χ0n) is 25.0. The molecule has 0 radical (unpaired) electrons. The average Bonchev–Trinajstić information content (AvgIpc) is 2.81. The molecule has 40 heavy (non-hydrogen) atoms. The van der Waals surface area contributed by atoms with Gasteiger partial charge in [0.1, 0.15) is 12.1 Å². The Hall–Kier alpha value is -3.38. The van der Waals surface area contributed by atoms with Crippen molar-refractivity contribution in [1.29, 1.82) is 0 Å². The number of carboxylic acids is 1. The molecule has 0 bridgehead atoms. The summed E-state index contributed by atoms with van der Waals surface area (Å²) in [5.41, 5.74) is 2.45. The Morgan fingerprint density at radius 1 is 1.12 bits per heavy atom. The number of ether oxygens (including phenoxy) is 2. The number of aliphatic carboxylic acids is 1. The third kappa shape index (κ3) is 8.31. The number of hydrogen-bond donors (Lipinski definition) is 4. The fourth-order valence-electron chi connectivity index (χ4n) is 4.05. The summed E-state index contributed by atoms with van der Waals surface area (Å²) in [6.45, 7) is 16.2. The first kappa shape index (κ1) is 31.1. The van der Waals surface area contributed by atoms with E-state index in [1.54, 1.807) is 18.3 Å². The highest BCUT2D eigenvalue weighted by Crippen LogP contribution is 2.39. The number of nitrogens with zero attached hydrogens (tertiary/aromatic N) is 2. The van der Waals surface area contributed by atoms with Crippen LogP contribution in [0.1, 0.15) is 52.8 Å². The van der Waals surface area contributed by atoms with Crippen LogP contribution in [0.2, 0.25) is 18.1 Å². The molecule has 1 aliphatic carbocycles. The SMILES string of the molecule is COc1ccc(NCC(=O)O)c(Nc2cnc3c(c2)CC(O[Si](C)(C)C(C)(C)C)C(NC(=O)OC(C)(C)C)C3)n1. The largest absolute Gasteiger partial charge is 0.481 e. The van der Waals surface area contributed by atoms with Crippen molar-refractivity contribution in [1.82, 2.24) is 15.3 Å². The van der Waals surface area contributed by atoms with Gasteiger partial charge in [0, 0.05) is 24.6 Å². The quantitative estimate of drug-likeness (QED) is 0.299. The Balaban J connectivity index is 1.90. The number of aromatic nitrogens is 2. The molecular weight excluding hydrogens is 530 g/mol. The number of hydrogen-bond acceptors (Lipinski definition) is 9. The van der Waals surface area contributed by atoms with Crippen LogP contribution in [0.3, 0.4) is 0 Å². The van der Waals surface area contributed by atoms with Crippen LogP contribution in [0.15, 0.2) is 24.4 Å². The number of rotatable bonds is 9. The maximum Gasteiger partial charge on any atom is 0.407 e. The summed E-state index contributed by atoms with van der Waals surface area (Å²) in [6, 6.07) is 5.06. The molecule has 0 spiro atoms. The van der Waals surface area contributed by atoms with Gasteiger partial charge in [0.2, 0.25) is 5.88 Å². The second kappa shape index (κ2) is 12.0. The predicted octanol–water partition coefficient (Wildman–Crippen LogP) is 5.11. The maximum atomic E-state index is 12.7. The summed E-state index contributed by atoms with van der Waals surface area (Å²) in [4.78, 5) is 33.0. The van der Waals surface area contributed by atoms with Crippen LogP contribution in [0.4, 0.5) is 22.0 Å². The predicted molar refractivity (Wildman–Crippen MR) is 157 cm³/mol. The van der Waals surface area contributed by atoms with Crippen LogP contribution in [-0.2, 0) is 26.8 Å². The van der Waals surface area contributed by atoms with E-state index >= 15 is 0 Å². The topological polar surface area (TPSA) is 144 Å². The first-order valence-corrected chi connectivity index (χ1v) is 16.3. The molecule has 12 heteroatoms. The molecule has 3 rings (SSSR count). The first-order valence-electron chi connectivity index (χ1n) is 13.4. The normalized spacial score (nSPS) is 17.4. The number of carbonyl (C=O) groups is 2. The highest BCUT2D eigenvalue weighted by Gasteiger charge is 2.43. The molecule has 2 unspecified atom stereocenters. The lowest BCUT2D eigenvalue weighted by atomic mass is 9.89. The monoisotopic (exact) mass is 573 g/mol. The Labute approximate surface area is 237 Å². The van der Waals surface area contributed by atoms with Crippen LogP contribution in [0.5, 0.6) is 5.88 Å². The summed E-state index contributed by atoms with van der Waals surface area (Å²) in [5.74, 6) is -0.190. The lowest BCUT2D eigenvalue weighted by Crippen LogP contribution is -2.55. The summed E-state index contributed by atoms with van der Waals surface area (Å²) >= 11 is 0.